The molecule has 290 valence electrons. The van der Waals surface area contributed by atoms with Gasteiger partial charge in [0.1, 0.15) is 0 Å². The molecule has 0 aliphatic carbocycles. The summed E-state index contributed by atoms with van der Waals surface area (Å²) in [4.78, 5) is 56.9. The van der Waals surface area contributed by atoms with Gasteiger partial charge in [0.15, 0.2) is 23.3 Å². The number of benzene rings is 2. The highest BCUT2D eigenvalue weighted by molar-refractivity contribution is 7.14. The summed E-state index contributed by atoms with van der Waals surface area (Å²) in [5.41, 5.74) is 1.93. The number of carbonyl (C=O) groups excluding carboxylic acids is 4. The van der Waals surface area contributed by atoms with Gasteiger partial charge in [-0.15, -0.1) is 11.3 Å². The first-order chi connectivity index (χ1) is 26.3. The Morgan fingerprint density at radius 1 is 0.907 bits per heavy atom. The highest BCUT2D eigenvalue weighted by Crippen LogP contribution is 2.39. The van der Waals surface area contributed by atoms with Crippen molar-refractivity contribution in [2.75, 3.05) is 49.3 Å². The lowest BCUT2D eigenvalue weighted by molar-refractivity contribution is -0.123. The molecule has 2 atom stereocenters. The quantitative estimate of drug-likeness (QED) is 0.128. The number of aromatic nitrogens is 1. The molecule has 2 unspecified atom stereocenters. The Bertz CT molecular complexity index is 1750. The van der Waals surface area contributed by atoms with Crippen LogP contribution in [0.3, 0.4) is 0 Å². The average Bonchev–Trinajstić information content (AvgIpc) is 3.65. The molecule has 3 fully saturated rings. The van der Waals surface area contributed by atoms with Crippen molar-refractivity contribution in [1.82, 2.24) is 20.9 Å². The standard InChI is InChI=1S/C39H48F2N6O6S/c40-31-17-16-30(32-25-54-39(44-32)47-28-10-9-11-29(47)23-52-22-28)36(35(31)41)53-24-34(49)42-19-7-5-3-1-2-4-6-8-20-43-37(50)26-12-14-27(15-13-26)46-21-18-33(48)45-38(46)51/h12-17,25,28-29H,1-11,18-24H2,(H,42,49)(H,43,50)(H,45,48,51). The molecule has 0 spiro atoms. The maximum Gasteiger partial charge on any atom is 0.328 e. The molecule has 6 rings (SSSR count). The van der Waals surface area contributed by atoms with Gasteiger partial charge in [-0.2, -0.15) is 4.39 Å². The Kier molecular flexibility index (Phi) is 13.8. The van der Waals surface area contributed by atoms with Gasteiger partial charge in [-0.3, -0.25) is 24.6 Å². The molecule has 3 aromatic rings. The van der Waals surface area contributed by atoms with E-state index in [4.69, 9.17) is 14.5 Å². The van der Waals surface area contributed by atoms with Crippen molar-refractivity contribution >= 4 is 45.9 Å². The number of morpholine rings is 1. The minimum absolute atomic E-state index is 0.167. The minimum atomic E-state index is -1.14. The number of imide groups is 1. The number of urea groups is 1. The van der Waals surface area contributed by atoms with E-state index in [2.05, 4.69) is 20.9 Å². The van der Waals surface area contributed by atoms with Crippen LogP contribution in [0, 0.1) is 11.6 Å². The van der Waals surface area contributed by atoms with E-state index >= 15 is 0 Å². The second kappa shape index (κ2) is 19.1. The number of fused-ring (bicyclic) bond motifs is 2. The van der Waals surface area contributed by atoms with Crippen molar-refractivity contribution in [3.05, 3.63) is 59.0 Å². The molecule has 3 aliphatic rings. The minimum Gasteiger partial charge on any atom is -0.480 e. The van der Waals surface area contributed by atoms with Crippen LogP contribution in [0.1, 0.15) is 87.4 Å². The number of ether oxygens (including phenoxy) is 2. The Morgan fingerprint density at radius 3 is 2.26 bits per heavy atom. The van der Waals surface area contributed by atoms with E-state index < -0.39 is 30.2 Å². The largest absolute Gasteiger partial charge is 0.480 e. The van der Waals surface area contributed by atoms with Crippen molar-refractivity contribution in [1.29, 1.82) is 0 Å². The zero-order valence-electron chi connectivity index (χ0n) is 30.4. The van der Waals surface area contributed by atoms with Crippen molar-refractivity contribution in [2.24, 2.45) is 0 Å². The molecule has 12 nitrogen and oxygen atoms in total. The fraction of sp³-hybridized carbons (Fsp3) is 0.513. The van der Waals surface area contributed by atoms with Gasteiger partial charge >= 0.3 is 6.03 Å². The first-order valence-electron chi connectivity index (χ1n) is 19.0. The summed E-state index contributed by atoms with van der Waals surface area (Å²) in [6.45, 7) is 2.22. The summed E-state index contributed by atoms with van der Waals surface area (Å²) >= 11 is 1.46. The van der Waals surface area contributed by atoms with Gasteiger partial charge in [0.05, 0.1) is 31.0 Å². The lowest BCUT2D eigenvalue weighted by Gasteiger charge is -2.45. The van der Waals surface area contributed by atoms with E-state index in [0.29, 0.717) is 55.4 Å². The van der Waals surface area contributed by atoms with Gasteiger partial charge in [-0.05, 0) is 68.5 Å². The van der Waals surface area contributed by atoms with Gasteiger partial charge in [0.2, 0.25) is 11.7 Å². The number of anilines is 2. The Morgan fingerprint density at radius 2 is 1.57 bits per heavy atom. The second-order valence-electron chi connectivity index (χ2n) is 14.0. The number of amides is 5. The molecule has 1 aromatic heterocycles. The van der Waals surface area contributed by atoms with E-state index in [1.807, 2.05) is 5.38 Å². The Balaban J connectivity index is 0.816. The van der Waals surface area contributed by atoms with Crippen LogP contribution < -0.4 is 30.5 Å². The number of rotatable bonds is 18. The third-order valence-corrected chi connectivity index (χ3v) is 10.9. The van der Waals surface area contributed by atoms with Crippen molar-refractivity contribution < 1.29 is 37.4 Å². The molecule has 4 heterocycles. The predicted molar refractivity (Wildman–Crippen MR) is 202 cm³/mol. The SMILES string of the molecule is O=C(COc1c(-c2csc(N3C4CCCC3COC4)n2)ccc(F)c1F)NCCCCCCCCCCNC(=O)c1ccc(N2CCC(=O)NC2=O)cc1. The van der Waals surface area contributed by atoms with Crippen LogP contribution in [0.4, 0.5) is 24.4 Å². The van der Waals surface area contributed by atoms with E-state index in [0.717, 1.165) is 81.8 Å². The number of nitrogens with zero attached hydrogens (tertiary/aromatic N) is 3. The first kappa shape index (κ1) is 39.1. The van der Waals surface area contributed by atoms with Crippen molar-refractivity contribution in [3.63, 3.8) is 0 Å². The number of hydrogen-bond donors (Lipinski definition) is 3. The molecule has 3 aliphatic heterocycles. The van der Waals surface area contributed by atoms with Crippen LogP contribution in [-0.4, -0.2) is 80.3 Å². The molecular formula is C39H48F2N6O6S. The third-order valence-electron chi connectivity index (χ3n) is 10.1. The topological polar surface area (TPSA) is 142 Å². The van der Waals surface area contributed by atoms with Crippen LogP contribution in [0.2, 0.25) is 0 Å². The smallest absolute Gasteiger partial charge is 0.328 e. The van der Waals surface area contributed by atoms with Crippen LogP contribution >= 0.6 is 11.3 Å². The number of carbonyl (C=O) groups is 4. The average molecular weight is 767 g/mol. The maximum absolute atomic E-state index is 14.9. The highest BCUT2D eigenvalue weighted by atomic mass is 32.1. The molecule has 3 saturated heterocycles. The molecule has 2 bridgehead atoms. The van der Waals surface area contributed by atoms with Crippen molar-refractivity contribution in [3.8, 4) is 17.0 Å². The number of hydrogen-bond acceptors (Lipinski definition) is 9. The van der Waals surface area contributed by atoms with Gasteiger partial charge < -0.3 is 25.0 Å². The van der Waals surface area contributed by atoms with Crippen LogP contribution in [-0.2, 0) is 14.3 Å². The van der Waals surface area contributed by atoms with Crippen LogP contribution in [0.25, 0.3) is 11.3 Å². The summed E-state index contributed by atoms with van der Waals surface area (Å²) < 4.78 is 40.5. The number of thiazole rings is 1. The van der Waals surface area contributed by atoms with Crippen LogP contribution in [0.5, 0.6) is 5.75 Å². The molecular weight excluding hydrogens is 719 g/mol. The van der Waals surface area contributed by atoms with Gasteiger partial charge in [0.25, 0.3) is 11.8 Å². The molecule has 5 amide bonds. The van der Waals surface area contributed by atoms with Gasteiger partial charge in [-0.1, -0.05) is 38.5 Å². The zero-order valence-corrected chi connectivity index (χ0v) is 31.2. The van der Waals surface area contributed by atoms with Gasteiger partial charge in [0, 0.05) is 48.2 Å². The summed E-state index contributed by atoms with van der Waals surface area (Å²) in [5, 5.41) is 10.7. The predicted octanol–water partition coefficient (Wildman–Crippen LogP) is 6.34. The molecule has 0 radical (unpaired) electrons. The number of piperidine rings is 1. The Hall–Kier alpha value is -4.63. The first-order valence-corrected chi connectivity index (χ1v) is 19.9. The lowest BCUT2D eigenvalue weighted by Crippen LogP contribution is -2.55. The highest BCUT2D eigenvalue weighted by Gasteiger charge is 2.36. The maximum atomic E-state index is 14.9. The number of nitrogens with one attached hydrogen (secondary N) is 3. The zero-order chi connectivity index (χ0) is 37.9. The van der Waals surface area contributed by atoms with E-state index in [1.165, 1.54) is 22.3 Å². The number of unbranched alkanes of at least 4 members (excludes halogenated alkanes) is 7. The molecule has 3 N–H and O–H groups in total. The van der Waals surface area contributed by atoms with Crippen molar-refractivity contribution in [2.45, 2.75) is 89.1 Å². The normalized spacial score (nSPS) is 18.3. The fourth-order valence-electron chi connectivity index (χ4n) is 7.16. The lowest BCUT2D eigenvalue weighted by atomic mass is 9.95. The summed E-state index contributed by atoms with van der Waals surface area (Å²) in [6, 6.07) is 9.30. The summed E-state index contributed by atoms with van der Waals surface area (Å²) in [5.74, 6) is -3.37. The summed E-state index contributed by atoms with van der Waals surface area (Å²) in [6.07, 6.45) is 11.3. The summed E-state index contributed by atoms with van der Waals surface area (Å²) in [7, 11) is 0. The molecule has 0 saturated carbocycles. The van der Waals surface area contributed by atoms with E-state index in [1.54, 1.807) is 24.3 Å². The monoisotopic (exact) mass is 766 g/mol. The van der Waals surface area contributed by atoms with Gasteiger partial charge in [-0.25, -0.2) is 14.2 Å². The molecule has 2 aromatic carbocycles. The third kappa shape index (κ3) is 10.1. The van der Waals surface area contributed by atoms with E-state index in [9.17, 15) is 28.0 Å². The van der Waals surface area contributed by atoms with Crippen LogP contribution in [0.15, 0.2) is 41.8 Å². The Labute approximate surface area is 318 Å². The second-order valence-corrected chi connectivity index (χ2v) is 14.8. The fourth-order valence-corrected chi connectivity index (χ4v) is 8.13. The molecule has 54 heavy (non-hydrogen) atoms. The van der Waals surface area contributed by atoms with E-state index in [-0.39, 0.29) is 36.1 Å². The number of halogens is 2. The molecule has 15 heteroatoms.